The van der Waals surface area contributed by atoms with Crippen molar-refractivity contribution >= 4 is 46.3 Å². The van der Waals surface area contributed by atoms with Crippen LogP contribution >= 0.6 is 11.3 Å². The maximum absolute atomic E-state index is 12.7. The van der Waals surface area contributed by atoms with Gasteiger partial charge in [-0.3, -0.25) is 9.59 Å². The van der Waals surface area contributed by atoms with Gasteiger partial charge in [0.15, 0.2) is 0 Å². The number of hydrogen-bond donors (Lipinski definition) is 3. The summed E-state index contributed by atoms with van der Waals surface area (Å²) >= 11 is 1.49. The summed E-state index contributed by atoms with van der Waals surface area (Å²) in [7, 11) is 0. The van der Waals surface area contributed by atoms with Crippen molar-refractivity contribution in [3.63, 3.8) is 0 Å². The van der Waals surface area contributed by atoms with E-state index in [1.54, 1.807) is 4.90 Å². The molecule has 8 nitrogen and oxygen atoms in total. The van der Waals surface area contributed by atoms with Crippen molar-refractivity contribution in [2.24, 2.45) is 5.92 Å². The standard InChI is InChI=1S/C19H20N4O4S/c1-2-23-6-5-14-16(18(23)25)13(9-28-14)21-12-7-15(20-8-11(12)19(26)27)22-17(24)10-3-4-10/h7-10H,2-6H2,1H3,(H,26,27)(H2,20,21,22,24). The number of pyridine rings is 1. The summed E-state index contributed by atoms with van der Waals surface area (Å²) in [5, 5.41) is 17.1. The molecular formula is C19H20N4O4S. The van der Waals surface area contributed by atoms with Crippen molar-refractivity contribution in [3.8, 4) is 0 Å². The van der Waals surface area contributed by atoms with Crippen LogP contribution < -0.4 is 10.6 Å². The van der Waals surface area contributed by atoms with Crippen molar-refractivity contribution < 1.29 is 19.5 Å². The highest BCUT2D eigenvalue weighted by Gasteiger charge is 2.31. The number of nitrogens with one attached hydrogen (secondary N) is 2. The van der Waals surface area contributed by atoms with Gasteiger partial charge in [0.2, 0.25) is 5.91 Å². The average Bonchev–Trinajstić information content (AvgIpc) is 3.44. The van der Waals surface area contributed by atoms with E-state index in [1.807, 2.05) is 12.3 Å². The number of nitrogens with zero attached hydrogens (tertiary/aromatic N) is 2. The first kappa shape index (κ1) is 18.4. The van der Waals surface area contributed by atoms with Gasteiger partial charge in [0.25, 0.3) is 5.91 Å². The zero-order valence-electron chi connectivity index (χ0n) is 15.3. The largest absolute Gasteiger partial charge is 0.478 e. The van der Waals surface area contributed by atoms with Crippen LogP contribution in [-0.4, -0.2) is 45.9 Å². The van der Waals surface area contributed by atoms with E-state index in [-0.39, 0.29) is 34.8 Å². The van der Waals surface area contributed by atoms with Crippen LogP contribution in [0.25, 0.3) is 0 Å². The topological polar surface area (TPSA) is 112 Å². The molecule has 3 N–H and O–H groups in total. The predicted octanol–water partition coefficient (Wildman–Crippen LogP) is 2.95. The maximum atomic E-state index is 12.7. The molecule has 2 aliphatic rings. The summed E-state index contributed by atoms with van der Waals surface area (Å²) in [6, 6.07) is 1.50. The molecule has 1 saturated carbocycles. The van der Waals surface area contributed by atoms with E-state index in [9.17, 15) is 19.5 Å². The summed E-state index contributed by atoms with van der Waals surface area (Å²) in [6.07, 6.45) is 3.72. The van der Waals surface area contributed by atoms with Crippen LogP contribution in [0.3, 0.4) is 0 Å². The normalized spacial score (nSPS) is 15.9. The summed E-state index contributed by atoms with van der Waals surface area (Å²) < 4.78 is 0. The Kier molecular flexibility index (Phi) is 4.76. The van der Waals surface area contributed by atoms with Gasteiger partial charge in [-0.1, -0.05) is 0 Å². The molecule has 4 rings (SSSR count). The van der Waals surface area contributed by atoms with Gasteiger partial charge in [-0.2, -0.15) is 0 Å². The van der Waals surface area contributed by atoms with Crippen molar-refractivity contribution in [2.45, 2.75) is 26.2 Å². The summed E-state index contributed by atoms with van der Waals surface area (Å²) in [5.74, 6) is -1.00. The molecule has 1 fully saturated rings. The maximum Gasteiger partial charge on any atom is 0.339 e. The van der Waals surface area contributed by atoms with Crippen molar-refractivity contribution in [1.29, 1.82) is 0 Å². The van der Waals surface area contributed by atoms with Crippen LogP contribution in [0.2, 0.25) is 0 Å². The van der Waals surface area contributed by atoms with E-state index >= 15 is 0 Å². The van der Waals surface area contributed by atoms with Crippen LogP contribution in [0.4, 0.5) is 17.2 Å². The molecule has 0 bridgehead atoms. The Morgan fingerprint density at radius 1 is 1.36 bits per heavy atom. The van der Waals surface area contributed by atoms with E-state index < -0.39 is 5.97 Å². The van der Waals surface area contributed by atoms with Crippen molar-refractivity contribution in [1.82, 2.24) is 9.88 Å². The van der Waals surface area contributed by atoms with Crippen LogP contribution in [0.15, 0.2) is 17.6 Å². The Labute approximate surface area is 165 Å². The molecule has 0 unspecified atom stereocenters. The zero-order chi connectivity index (χ0) is 19.8. The monoisotopic (exact) mass is 400 g/mol. The SMILES string of the molecule is CCN1CCc2scc(Nc3cc(NC(=O)C4CC4)ncc3C(=O)O)c2C1=O. The molecule has 28 heavy (non-hydrogen) atoms. The highest BCUT2D eigenvalue weighted by Crippen LogP contribution is 2.35. The van der Waals surface area contributed by atoms with Gasteiger partial charge < -0.3 is 20.6 Å². The van der Waals surface area contributed by atoms with Crippen LogP contribution in [-0.2, 0) is 11.2 Å². The second-order valence-electron chi connectivity index (χ2n) is 6.89. The van der Waals surface area contributed by atoms with Gasteiger partial charge in [0.1, 0.15) is 11.4 Å². The fraction of sp³-hybridized carbons (Fsp3) is 0.368. The second-order valence-corrected chi connectivity index (χ2v) is 7.86. The first-order valence-corrected chi connectivity index (χ1v) is 10.1. The number of carboxylic acids is 1. The molecule has 2 amide bonds. The first-order valence-electron chi connectivity index (χ1n) is 9.18. The summed E-state index contributed by atoms with van der Waals surface area (Å²) in [4.78, 5) is 43.1. The number of likely N-dealkylation sites (N-methyl/N-ethyl adjacent to an activating group) is 1. The smallest absolute Gasteiger partial charge is 0.339 e. The minimum atomic E-state index is -1.14. The molecule has 0 saturated heterocycles. The molecule has 9 heteroatoms. The lowest BCUT2D eigenvalue weighted by molar-refractivity contribution is -0.117. The molecule has 146 valence electrons. The highest BCUT2D eigenvalue weighted by atomic mass is 32.1. The minimum absolute atomic E-state index is 0.0129. The number of thiophene rings is 1. The predicted molar refractivity (Wildman–Crippen MR) is 105 cm³/mol. The number of carbonyl (C=O) groups excluding carboxylic acids is 2. The van der Waals surface area contributed by atoms with E-state index in [2.05, 4.69) is 15.6 Å². The van der Waals surface area contributed by atoms with E-state index in [4.69, 9.17) is 0 Å². The summed E-state index contributed by atoms with van der Waals surface area (Å²) in [6.45, 7) is 3.25. The average molecular weight is 400 g/mol. The van der Waals surface area contributed by atoms with Crippen LogP contribution in [0.1, 0.15) is 45.4 Å². The molecule has 1 aliphatic heterocycles. The van der Waals surface area contributed by atoms with E-state index in [0.717, 1.165) is 24.1 Å². The highest BCUT2D eigenvalue weighted by molar-refractivity contribution is 7.11. The Hall–Kier alpha value is -2.94. The molecule has 0 spiro atoms. The van der Waals surface area contributed by atoms with Gasteiger partial charge >= 0.3 is 5.97 Å². The number of hydrogen-bond acceptors (Lipinski definition) is 6. The van der Waals surface area contributed by atoms with E-state index in [1.165, 1.54) is 23.6 Å². The first-order chi connectivity index (χ1) is 13.5. The Balaban J connectivity index is 1.65. The molecule has 0 atom stereocenters. The Bertz CT molecular complexity index is 967. The lowest BCUT2D eigenvalue weighted by Crippen LogP contribution is -2.36. The molecule has 1 aliphatic carbocycles. The van der Waals surface area contributed by atoms with Gasteiger partial charge in [-0.15, -0.1) is 11.3 Å². The molecule has 3 heterocycles. The van der Waals surface area contributed by atoms with Gasteiger partial charge in [-0.25, -0.2) is 9.78 Å². The van der Waals surface area contributed by atoms with Gasteiger partial charge in [-0.05, 0) is 19.8 Å². The molecule has 2 aromatic heterocycles. The number of aromatic nitrogens is 1. The fourth-order valence-electron chi connectivity index (χ4n) is 3.22. The lowest BCUT2D eigenvalue weighted by atomic mass is 10.1. The third-order valence-corrected chi connectivity index (χ3v) is 6.01. The third-order valence-electron chi connectivity index (χ3n) is 4.96. The van der Waals surface area contributed by atoms with Crippen molar-refractivity contribution in [2.75, 3.05) is 23.7 Å². The number of anilines is 3. The number of fused-ring (bicyclic) bond motifs is 1. The second kappa shape index (κ2) is 7.23. The van der Waals surface area contributed by atoms with E-state index in [0.29, 0.717) is 24.3 Å². The fourth-order valence-corrected chi connectivity index (χ4v) is 4.18. The van der Waals surface area contributed by atoms with Crippen molar-refractivity contribution in [3.05, 3.63) is 33.6 Å². The van der Waals surface area contributed by atoms with Crippen LogP contribution in [0, 0.1) is 5.92 Å². The quantitative estimate of drug-likeness (QED) is 0.687. The number of aromatic carboxylic acids is 1. The Morgan fingerprint density at radius 2 is 2.14 bits per heavy atom. The minimum Gasteiger partial charge on any atom is -0.478 e. The van der Waals surface area contributed by atoms with Gasteiger partial charge in [0.05, 0.1) is 16.9 Å². The third kappa shape index (κ3) is 3.45. The zero-order valence-corrected chi connectivity index (χ0v) is 16.1. The molecule has 2 aromatic rings. The molecule has 0 aromatic carbocycles. The lowest BCUT2D eigenvalue weighted by Gasteiger charge is -2.26. The number of amides is 2. The number of carboxylic acid groups (broad SMARTS) is 1. The summed E-state index contributed by atoms with van der Waals surface area (Å²) in [5.41, 5.74) is 1.43. The molecule has 0 radical (unpaired) electrons. The molecular weight excluding hydrogens is 380 g/mol. The number of rotatable bonds is 6. The number of carbonyl (C=O) groups is 3. The van der Waals surface area contributed by atoms with Gasteiger partial charge in [0, 0.05) is 47.9 Å². The van der Waals surface area contributed by atoms with Crippen LogP contribution in [0.5, 0.6) is 0 Å². The Morgan fingerprint density at radius 3 is 2.82 bits per heavy atom.